The van der Waals surface area contributed by atoms with Crippen LogP contribution >= 0.6 is 0 Å². The van der Waals surface area contributed by atoms with Crippen molar-refractivity contribution < 1.29 is 14.3 Å². The van der Waals surface area contributed by atoms with Gasteiger partial charge in [0.05, 0.1) is 6.61 Å². The van der Waals surface area contributed by atoms with Gasteiger partial charge >= 0.3 is 0 Å². The summed E-state index contributed by atoms with van der Waals surface area (Å²) in [5.74, 6) is -0.947. The Hall–Kier alpha value is -1.26. The molecule has 0 aromatic heterocycles. The average Bonchev–Trinajstić information content (AvgIpc) is 2.62. The summed E-state index contributed by atoms with van der Waals surface area (Å²) in [7, 11) is 0. The number of hydrogen-bond donors (Lipinski definition) is 1. The second kappa shape index (κ2) is 3.24. The Bertz CT molecular complexity index is 311. The van der Waals surface area contributed by atoms with Gasteiger partial charge in [0.1, 0.15) is 6.23 Å². The molecule has 0 aromatic rings. The van der Waals surface area contributed by atoms with Gasteiger partial charge in [0.25, 0.3) is 0 Å². The summed E-state index contributed by atoms with van der Waals surface area (Å²) in [4.78, 5) is 22.3. The van der Waals surface area contributed by atoms with Crippen molar-refractivity contribution in [2.45, 2.75) is 6.23 Å². The first-order valence-electron chi connectivity index (χ1n) is 4.11. The molecule has 1 aliphatic carbocycles. The largest absolute Gasteiger partial charge is 0.358 e. The fourth-order valence-electron chi connectivity index (χ4n) is 1.36. The summed E-state index contributed by atoms with van der Waals surface area (Å²) in [6.07, 6.45) is 4.05. The van der Waals surface area contributed by atoms with Gasteiger partial charge in [-0.2, -0.15) is 0 Å². The Labute approximate surface area is 75.3 Å². The van der Waals surface area contributed by atoms with Crippen LogP contribution in [-0.4, -0.2) is 30.9 Å². The number of ether oxygens (including phenoxy) is 1. The molecule has 0 spiro atoms. The molecule has 1 fully saturated rings. The maximum absolute atomic E-state index is 11.3. The molecular formula is C9H9NO3. The van der Waals surface area contributed by atoms with E-state index in [2.05, 4.69) is 5.32 Å². The standard InChI is InChI=1S/C9H9NO3/c11-7-3-1-2-6(8(7)12)9-10-4-5-13-9/h1-3,9-10H,4-5H2. The quantitative estimate of drug-likeness (QED) is 0.438. The summed E-state index contributed by atoms with van der Waals surface area (Å²) in [6, 6.07) is 0. The Morgan fingerprint density at radius 3 is 3.00 bits per heavy atom. The Balaban J connectivity index is 2.21. The summed E-state index contributed by atoms with van der Waals surface area (Å²) < 4.78 is 5.22. The van der Waals surface area contributed by atoms with E-state index in [9.17, 15) is 9.59 Å². The first kappa shape index (κ1) is 8.34. The van der Waals surface area contributed by atoms with Gasteiger partial charge < -0.3 is 4.74 Å². The molecule has 0 saturated carbocycles. The van der Waals surface area contributed by atoms with Crippen molar-refractivity contribution in [3.05, 3.63) is 23.8 Å². The monoisotopic (exact) mass is 179 g/mol. The second-order valence-electron chi connectivity index (χ2n) is 2.88. The molecule has 0 radical (unpaired) electrons. The third-order valence-electron chi connectivity index (χ3n) is 2.01. The molecule has 2 aliphatic rings. The lowest BCUT2D eigenvalue weighted by atomic mass is 10.0. The molecule has 1 saturated heterocycles. The fraction of sp³-hybridized carbons (Fsp3) is 0.333. The van der Waals surface area contributed by atoms with Crippen LogP contribution in [0.15, 0.2) is 23.8 Å². The van der Waals surface area contributed by atoms with Gasteiger partial charge in [0, 0.05) is 12.1 Å². The fourth-order valence-corrected chi connectivity index (χ4v) is 1.36. The molecule has 13 heavy (non-hydrogen) atoms. The number of hydrogen-bond acceptors (Lipinski definition) is 4. The van der Waals surface area contributed by atoms with Gasteiger partial charge in [-0.05, 0) is 6.08 Å². The molecule has 1 unspecified atom stereocenters. The van der Waals surface area contributed by atoms with Crippen molar-refractivity contribution in [2.24, 2.45) is 0 Å². The molecular weight excluding hydrogens is 170 g/mol. The lowest BCUT2D eigenvalue weighted by molar-refractivity contribution is -0.132. The molecule has 0 aromatic carbocycles. The van der Waals surface area contributed by atoms with E-state index in [1.807, 2.05) is 0 Å². The first-order valence-corrected chi connectivity index (χ1v) is 4.11. The minimum absolute atomic E-state index is 0.401. The number of carbonyl (C=O) groups is 2. The third kappa shape index (κ3) is 1.46. The minimum Gasteiger partial charge on any atom is -0.358 e. The highest BCUT2D eigenvalue weighted by molar-refractivity contribution is 6.48. The minimum atomic E-state index is -0.477. The molecule has 68 valence electrons. The summed E-state index contributed by atoms with van der Waals surface area (Å²) in [5.41, 5.74) is 0.407. The van der Waals surface area contributed by atoms with Crippen LogP contribution in [0.5, 0.6) is 0 Å². The summed E-state index contributed by atoms with van der Waals surface area (Å²) >= 11 is 0. The molecule has 0 bridgehead atoms. The number of rotatable bonds is 1. The van der Waals surface area contributed by atoms with Crippen molar-refractivity contribution >= 4 is 11.6 Å². The van der Waals surface area contributed by atoms with E-state index in [-0.39, 0.29) is 0 Å². The molecule has 1 atom stereocenters. The second-order valence-corrected chi connectivity index (χ2v) is 2.88. The molecule has 0 amide bonds. The molecule has 1 aliphatic heterocycles. The maximum atomic E-state index is 11.3. The van der Waals surface area contributed by atoms with E-state index in [4.69, 9.17) is 4.74 Å². The molecule has 1 heterocycles. The van der Waals surface area contributed by atoms with Crippen molar-refractivity contribution in [2.75, 3.05) is 13.2 Å². The van der Waals surface area contributed by atoms with Crippen LogP contribution in [0.2, 0.25) is 0 Å². The first-order chi connectivity index (χ1) is 6.29. The van der Waals surface area contributed by atoms with Crippen LogP contribution in [0.1, 0.15) is 0 Å². The highest BCUT2D eigenvalue weighted by Gasteiger charge is 2.28. The van der Waals surface area contributed by atoms with E-state index in [0.717, 1.165) is 0 Å². The van der Waals surface area contributed by atoms with Gasteiger partial charge in [0.2, 0.25) is 11.6 Å². The zero-order valence-electron chi connectivity index (χ0n) is 6.95. The van der Waals surface area contributed by atoms with E-state index in [0.29, 0.717) is 18.7 Å². The van der Waals surface area contributed by atoms with Crippen LogP contribution < -0.4 is 5.32 Å². The topological polar surface area (TPSA) is 55.4 Å². The summed E-state index contributed by atoms with van der Waals surface area (Å²) in [6.45, 7) is 1.29. The van der Waals surface area contributed by atoms with E-state index in [1.54, 1.807) is 12.2 Å². The van der Waals surface area contributed by atoms with Crippen molar-refractivity contribution in [1.29, 1.82) is 0 Å². The summed E-state index contributed by atoms with van der Waals surface area (Å²) in [5, 5.41) is 2.98. The van der Waals surface area contributed by atoms with Crippen LogP contribution in [-0.2, 0) is 14.3 Å². The number of allylic oxidation sites excluding steroid dienone is 3. The van der Waals surface area contributed by atoms with Gasteiger partial charge in [-0.3, -0.25) is 14.9 Å². The number of ketones is 2. The van der Waals surface area contributed by atoms with Crippen LogP contribution in [0, 0.1) is 0 Å². The SMILES string of the molecule is O=C1C=CC=C(C2NCCO2)C1=O. The maximum Gasteiger partial charge on any atom is 0.232 e. The van der Waals surface area contributed by atoms with Crippen molar-refractivity contribution in [3.8, 4) is 0 Å². The highest BCUT2D eigenvalue weighted by atomic mass is 16.5. The van der Waals surface area contributed by atoms with Gasteiger partial charge in [0.15, 0.2) is 0 Å². The smallest absolute Gasteiger partial charge is 0.232 e. The van der Waals surface area contributed by atoms with Crippen LogP contribution in [0.25, 0.3) is 0 Å². The molecule has 2 rings (SSSR count). The number of nitrogens with one attached hydrogen (secondary N) is 1. The lowest BCUT2D eigenvalue weighted by Crippen LogP contribution is -2.32. The van der Waals surface area contributed by atoms with E-state index < -0.39 is 17.8 Å². The van der Waals surface area contributed by atoms with Gasteiger partial charge in [-0.25, -0.2) is 0 Å². The predicted octanol–water partition coefficient (Wildman–Crippen LogP) is -0.433. The molecule has 4 heteroatoms. The van der Waals surface area contributed by atoms with Gasteiger partial charge in [-0.15, -0.1) is 0 Å². The Kier molecular flexibility index (Phi) is 2.08. The van der Waals surface area contributed by atoms with Crippen LogP contribution in [0.3, 0.4) is 0 Å². The predicted molar refractivity (Wildman–Crippen MR) is 45.0 cm³/mol. The van der Waals surface area contributed by atoms with Crippen molar-refractivity contribution in [3.63, 3.8) is 0 Å². The third-order valence-corrected chi connectivity index (χ3v) is 2.01. The highest BCUT2D eigenvalue weighted by Crippen LogP contribution is 2.13. The van der Waals surface area contributed by atoms with Gasteiger partial charge in [-0.1, -0.05) is 12.2 Å². The lowest BCUT2D eigenvalue weighted by Gasteiger charge is -2.13. The number of Topliss-reactive ketones (excluding diaryl/α,β-unsaturated/α-hetero) is 1. The molecule has 1 N–H and O–H groups in total. The van der Waals surface area contributed by atoms with Crippen molar-refractivity contribution in [1.82, 2.24) is 5.32 Å². The Morgan fingerprint density at radius 2 is 2.31 bits per heavy atom. The van der Waals surface area contributed by atoms with E-state index in [1.165, 1.54) is 6.08 Å². The zero-order valence-corrected chi connectivity index (χ0v) is 6.95. The van der Waals surface area contributed by atoms with E-state index >= 15 is 0 Å². The average molecular weight is 179 g/mol. The number of carbonyl (C=O) groups excluding carboxylic acids is 2. The zero-order chi connectivity index (χ0) is 9.26. The molecule has 4 nitrogen and oxygen atoms in total. The van der Waals surface area contributed by atoms with Crippen LogP contribution in [0.4, 0.5) is 0 Å². The normalized spacial score (nSPS) is 28.0. The Morgan fingerprint density at radius 1 is 1.46 bits per heavy atom.